The second-order valence-electron chi connectivity index (χ2n) is 5.74. The Balaban J connectivity index is 0.00000192. The van der Waals surface area contributed by atoms with E-state index in [0.29, 0.717) is 0 Å². The van der Waals surface area contributed by atoms with Crippen LogP contribution in [0.2, 0.25) is 0 Å². The Labute approximate surface area is 143 Å². The Hall–Kier alpha value is -1.91. The van der Waals surface area contributed by atoms with Gasteiger partial charge in [-0.3, -0.25) is 9.78 Å². The van der Waals surface area contributed by atoms with Crippen LogP contribution in [0.3, 0.4) is 0 Å². The highest BCUT2D eigenvalue weighted by molar-refractivity contribution is 5.85. The number of aromatic nitrogens is 1. The van der Waals surface area contributed by atoms with Crippen molar-refractivity contribution < 1.29 is 4.79 Å². The molecule has 122 valence electrons. The fourth-order valence-electron chi connectivity index (χ4n) is 2.81. The summed E-state index contributed by atoms with van der Waals surface area (Å²) in [5.41, 5.74) is 3.42. The van der Waals surface area contributed by atoms with E-state index in [-0.39, 0.29) is 30.4 Å². The lowest BCUT2D eigenvalue weighted by Gasteiger charge is -2.18. The van der Waals surface area contributed by atoms with Crippen LogP contribution in [0.5, 0.6) is 0 Å². The van der Waals surface area contributed by atoms with Crippen molar-refractivity contribution in [2.75, 3.05) is 6.54 Å². The minimum atomic E-state index is -0.0291. The van der Waals surface area contributed by atoms with Crippen LogP contribution in [0.4, 0.5) is 0 Å². The number of hydrogen-bond donors (Lipinski definition) is 2. The molecule has 2 atom stereocenters. The normalized spacial score (nSPS) is 18.0. The van der Waals surface area contributed by atoms with Gasteiger partial charge in [0.2, 0.25) is 5.91 Å². The lowest BCUT2D eigenvalue weighted by molar-refractivity contribution is -0.123. The molecule has 2 unspecified atom stereocenters. The zero-order chi connectivity index (χ0) is 15.4. The van der Waals surface area contributed by atoms with Crippen molar-refractivity contribution in [1.29, 1.82) is 0 Å². The van der Waals surface area contributed by atoms with Crippen molar-refractivity contribution in [3.05, 3.63) is 54.4 Å². The van der Waals surface area contributed by atoms with Gasteiger partial charge in [0.05, 0.1) is 12.1 Å². The molecule has 5 heteroatoms. The first-order chi connectivity index (χ1) is 10.7. The van der Waals surface area contributed by atoms with E-state index in [0.717, 1.165) is 36.1 Å². The molecule has 2 N–H and O–H groups in total. The SMILES string of the molecule is CC(NC(=O)C1CCCN1)c1ccc(-c2ccncc2)cc1.Cl. The van der Waals surface area contributed by atoms with Crippen molar-refractivity contribution in [1.82, 2.24) is 15.6 Å². The summed E-state index contributed by atoms with van der Waals surface area (Å²) in [5.74, 6) is 0.100. The number of amides is 1. The fourth-order valence-corrected chi connectivity index (χ4v) is 2.81. The summed E-state index contributed by atoms with van der Waals surface area (Å²) in [7, 11) is 0. The van der Waals surface area contributed by atoms with Gasteiger partial charge >= 0.3 is 0 Å². The molecule has 1 amide bonds. The maximum Gasteiger partial charge on any atom is 0.237 e. The molecule has 3 rings (SSSR count). The van der Waals surface area contributed by atoms with Gasteiger partial charge in [-0.05, 0) is 55.1 Å². The molecular formula is C18H22ClN3O. The predicted octanol–water partition coefficient (Wildman–Crippen LogP) is 3.10. The quantitative estimate of drug-likeness (QED) is 0.905. The molecule has 2 heterocycles. The summed E-state index contributed by atoms with van der Waals surface area (Å²) in [6, 6.07) is 12.3. The predicted molar refractivity (Wildman–Crippen MR) is 94.5 cm³/mol. The van der Waals surface area contributed by atoms with Gasteiger partial charge in [0.1, 0.15) is 0 Å². The molecule has 1 fully saturated rings. The Bertz CT molecular complexity index is 624. The van der Waals surface area contributed by atoms with Crippen LogP contribution in [0, 0.1) is 0 Å². The molecule has 1 saturated heterocycles. The molecule has 1 aromatic carbocycles. The summed E-state index contributed by atoms with van der Waals surface area (Å²) in [6.07, 6.45) is 5.59. The highest BCUT2D eigenvalue weighted by atomic mass is 35.5. The maximum atomic E-state index is 12.1. The number of hydrogen-bond acceptors (Lipinski definition) is 3. The first-order valence-corrected chi connectivity index (χ1v) is 7.78. The Morgan fingerprint density at radius 1 is 1.17 bits per heavy atom. The molecule has 0 radical (unpaired) electrons. The largest absolute Gasteiger partial charge is 0.348 e. The molecule has 4 nitrogen and oxygen atoms in total. The van der Waals surface area contributed by atoms with Crippen molar-refractivity contribution >= 4 is 18.3 Å². The number of nitrogens with zero attached hydrogens (tertiary/aromatic N) is 1. The van der Waals surface area contributed by atoms with Crippen LogP contribution < -0.4 is 10.6 Å². The Morgan fingerprint density at radius 3 is 2.43 bits per heavy atom. The molecule has 2 aromatic rings. The summed E-state index contributed by atoms with van der Waals surface area (Å²) in [6.45, 7) is 2.96. The number of pyridine rings is 1. The van der Waals surface area contributed by atoms with E-state index in [1.54, 1.807) is 12.4 Å². The average Bonchev–Trinajstić information content (AvgIpc) is 3.10. The van der Waals surface area contributed by atoms with Gasteiger partial charge in [0.15, 0.2) is 0 Å². The van der Waals surface area contributed by atoms with E-state index in [2.05, 4.69) is 39.9 Å². The smallest absolute Gasteiger partial charge is 0.237 e. The molecule has 1 aliphatic heterocycles. The van der Waals surface area contributed by atoms with Gasteiger partial charge < -0.3 is 10.6 Å². The van der Waals surface area contributed by atoms with Gasteiger partial charge in [-0.2, -0.15) is 0 Å². The third kappa shape index (κ3) is 4.30. The van der Waals surface area contributed by atoms with Gasteiger partial charge in [-0.1, -0.05) is 24.3 Å². The molecule has 0 bridgehead atoms. The molecular weight excluding hydrogens is 310 g/mol. The van der Waals surface area contributed by atoms with E-state index >= 15 is 0 Å². The van der Waals surface area contributed by atoms with Crippen LogP contribution in [0.1, 0.15) is 31.4 Å². The van der Waals surface area contributed by atoms with Crippen LogP contribution >= 0.6 is 12.4 Å². The van der Waals surface area contributed by atoms with Crippen LogP contribution in [0.15, 0.2) is 48.8 Å². The lowest BCUT2D eigenvalue weighted by Crippen LogP contribution is -2.41. The van der Waals surface area contributed by atoms with Crippen molar-refractivity contribution in [2.45, 2.75) is 31.8 Å². The Morgan fingerprint density at radius 2 is 1.83 bits per heavy atom. The molecule has 1 aliphatic rings. The number of carbonyl (C=O) groups is 1. The molecule has 0 aliphatic carbocycles. The molecule has 1 aromatic heterocycles. The first-order valence-electron chi connectivity index (χ1n) is 7.78. The summed E-state index contributed by atoms with van der Waals surface area (Å²) in [4.78, 5) is 16.2. The van der Waals surface area contributed by atoms with Crippen LogP contribution in [-0.2, 0) is 4.79 Å². The maximum absolute atomic E-state index is 12.1. The first kappa shape index (κ1) is 17.4. The zero-order valence-electron chi connectivity index (χ0n) is 13.2. The van der Waals surface area contributed by atoms with E-state index in [1.165, 1.54) is 0 Å². The number of rotatable bonds is 4. The van der Waals surface area contributed by atoms with Crippen molar-refractivity contribution in [2.24, 2.45) is 0 Å². The number of benzene rings is 1. The van der Waals surface area contributed by atoms with Crippen LogP contribution in [-0.4, -0.2) is 23.5 Å². The van der Waals surface area contributed by atoms with Gasteiger partial charge in [-0.25, -0.2) is 0 Å². The third-order valence-electron chi connectivity index (χ3n) is 4.16. The van der Waals surface area contributed by atoms with Gasteiger partial charge in [0.25, 0.3) is 0 Å². The summed E-state index contributed by atoms with van der Waals surface area (Å²) < 4.78 is 0. The van der Waals surface area contributed by atoms with Crippen LogP contribution in [0.25, 0.3) is 11.1 Å². The monoisotopic (exact) mass is 331 g/mol. The number of carbonyl (C=O) groups excluding carboxylic acids is 1. The highest BCUT2D eigenvalue weighted by Gasteiger charge is 2.23. The zero-order valence-corrected chi connectivity index (χ0v) is 14.0. The second-order valence-corrected chi connectivity index (χ2v) is 5.74. The highest BCUT2D eigenvalue weighted by Crippen LogP contribution is 2.21. The fraction of sp³-hybridized carbons (Fsp3) is 0.333. The minimum Gasteiger partial charge on any atom is -0.348 e. The summed E-state index contributed by atoms with van der Waals surface area (Å²) >= 11 is 0. The van der Waals surface area contributed by atoms with E-state index in [4.69, 9.17) is 0 Å². The standard InChI is InChI=1S/C18H21N3O.ClH/c1-13(21-18(22)17-3-2-10-20-17)14-4-6-15(7-5-14)16-8-11-19-12-9-16;/h4-9,11-13,17,20H,2-3,10H2,1H3,(H,21,22);1H. The van der Waals surface area contributed by atoms with Gasteiger partial charge in [-0.15, -0.1) is 12.4 Å². The molecule has 23 heavy (non-hydrogen) atoms. The van der Waals surface area contributed by atoms with E-state index in [1.807, 2.05) is 19.1 Å². The number of halogens is 1. The summed E-state index contributed by atoms with van der Waals surface area (Å²) in [5, 5.41) is 6.31. The molecule has 0 spiro atoms. The second kappa shape index (κ2) is 8.09. The van der Waals surface area contributed by atoms with Crippen molar-refractivity contribution in [3.8, 4) is 11.1 Å². The number of nitrogens with one attached hydrogen (secondary N) is 2. The van der Waals surface area contributed by atoms with Crippen molar-refractivity contribution in [3.63, 3.8) is 0 Å². The topological polar surface area (TPSA) is 54.0 Å². The average molecular weight is 332 g/mol. The minimum absolute atomic E-state index is 0. The molecule has 0 saturated carbocycles. The third-order valence-corrected chi connectivity index (χ3v) is 4.16. The van der Waals surface area contributed by atoms with E-state index < -0.39 is 0 Å². The lowest BCUT2D eigenvalue weighted by atomic mass is 10.0. The van der Waals surface area contributed by atoms with E-state index in [9.17, 15) is 4.79 Å². The Kier molecular flexibility index (Phi) is 6.13. The van der Waals surface area contributed by atoms with Gasteiger partial charge in [0, 0.05) is 12.4 Å².